The Bertz CT molecular complexity index is 787. The van der Waals surface area contributed by atoms with Gasteiger partial charge in [0.05, 0.1) is 0 Å². The van der Waals surface area contributed by atoms with E-state index in [0.717, 1.165) is 18.3 Å². The molecule has 0 aliphatic carbocycles. The Morgan fingerprint density at radius 2 is 2.12 bits per heavy atom. The van der Waals surface area contributed by atoms with Gasteiger partial charge in [0.15, 0.2) is 5.72 Å². The van der Waals surface area contributed by atoms with E-state index in [1.165, 1.54) is 0 Å². The molecule has 2 heterocycles. The van der Waals surface area contributed by atoms with E-state index < -0.39 is 54.0 Å². The topological polar surface area (TPSA) is 131 Å². The molecule has 1 aliphatic rings. The summed E-state index contributed by atoms with van der Waals surface area (Å²) >= 11 is 0. The smallest absolute Gasteiger partial charge is 0.456 e. The molecule has 0 saturated carbocycles. The molecule has 0 bridgehead atoms. The minimum Gasteiger partial charge on any atom is -0.456 e. The van der Waals surface area contributed by atoms with Crippen LogP contribution in [0.3, 0.4) is 0 Å². The number of alkyl halides is 3. The van der Waals surface area contributed by atoms with Crippen molar-refractivity contribution in [3.05, 3.63) is 45.8 Å². The van der Waals surface area contributed by atoms with E-state index in [9.17, 15) is 37.8 Å². The molecule has 1 aromatic heterocycles. The normalized spacial score (nSPS) is 29.4. The predicted molar refractivity (Wildman–Crippen MR) is 73.4 cm³/mol. The average Bonchev–Trinajstić information content (AvgIpc) is 2.77. The summed E-state index contributed by atoms with van der Waals surface area (Å²) in [4.78, 5) is 35.7. The number of hydrogen-bond acceptors (Lipinski definition) is 7. The van der Waals surface area contributed by atoms with Crippen LogP contribution >= 0.6 is 0 Å². The van der Waals surface area contributed by atoms with Gasteiger partial charge in [0.1, 0.15) is 24.9 Å². The molecule has 0 unspecified atom stereocenters. The minimum absolute atomic E-state index is 0.695. The monoisotopic (exact) mass is 366 g/mol. The number of halogens is 3. The van der Waals surface area contributed by atoms with Gasteiger partial charge in [0, 0.05) is 12.3 Å². The zero-order valence-corrected chi connectivity index (χ0v) is 12.4. The van der Waals surface area contributed by atoms with Crippen LogP contribution in [0.4, 0.5) is 13.2 Å². The Kier molecular flexibility index (Phi) is 4.88. The Morgan fingerprint density at radius 1 is 1.48 bits per heavy atom. The number of esters is 1. The fourth-order valence-corrected chi connectivity index (χ4v) is 2.36. The summed E-state index contributed by atoms with van der Waals surface area (Å²) in [6.07, 6.45) is -8.61. The fraction of sp³-hybridized carbons (Fsp3) is 0.462. The Hall–Kier alpha value is -2.44. The van der Waals surface area contributed by atoms with E-state index in [1.54, 1.807) is 0 Å². The van der Waals surface area contributed by atoms with Crippen molar-refractivity contribution in [3.63, 3.8) is 0 Å². The van der Waals surface area contributed by atoms with Crippen LogP contribution < -0.4 is 11.2 Å². The third kappa shape index (κ3) is 3.36. The lowest BCUT2D eigenvalue weighted by atomic mass is 10.0. The molecule has 12 heteroatoms. The number of nitrogens with zero attached hydrogens (tertiary/aromatic N) is 1. The first-order valence-electron chi connectivity index (χ1n) is 6.77. The summed E-state index contributed by atoms with van der Waals surface area (Å²) in [7, 11) is 0. The highest BCUT2D eigenvalue weighted by molar-refractivity contribution is 5.75. The highest BCUT2D eigenvalue weighted by atomic mass is 19.4. The van der Waals surface area contributed by atoms with Gasteiger partial charge in [-0.05, 0) is 6.08 Å². The zero-order valence-electron chi connectivity index (χ0n) is 12.4. The first kappa shape index (κ1) is 18.9. The number of aromatic nitrogens is 2. The second-order valence-corrected chi connectivity index (χ2v) is 5.12. The summed E-state index contributed by atoms with van der Waals surface area (Å²) in [6, 6.07) is 0.923. The van der Waals surface area contributed by atoms with Crippen molar-refractivity contribution in [2.75, 3.05) is 6.61 Å². The standard InChI is InChI=1S/C13H13F3N2O7/c1-2-12(18-4-3-7(19)17-11(18)23)9(21)8(20)6(25-12)5-24-10(22)13(14,15)16/h2-4,6,8-9,20-21H,1,5H2,(H,17,19,23)/t6-,8-,9-,12-/m1/s1. The van der Waals surface area contributed by atoms with Gasteiger partial charge in [-0.1, -0.05) is 6.58 Å². The van der Waals surface area contributed by atoms with Crippen molar-refractivity contribution < 1.29 is 37.7 Å². The second-order valence-electron chi connectivity index (χ2n) is 5.12. The van der Waals surface area contributed by atoms with Gasteiger partial charge in [0.2, 0.25) is 0 Å². The second kappa shape index (κ2) is 6.46. The number of carbonyl (C=O) groups excluding carboxylic acids is 1. The maximum absolute atomic E-state index is 12.1. The van der Waals surface area contributed by atoms with Crippen molar-refractivity contribution in [3.8, 4) is 0 Å². The molecule has 1 aliphatic heterocycles. The molecule has 1 aromatic rings. The third-order valence-corrected chi connectivity index (χ3v) is 3.57. The first-order valence-corrected chi connectivity index (χ1v) is 6.77. The number of H-pyrrole nitrogens is 1. The number of aliphatic hydroxyl groups is 2. The van der Waals surface area contributed by atoms with Gasteiger partial charge in [-0.25, -0.2) is 9.59 Å². The lowest BCUT2D eigenvalue weighted by Gasteiger charge is -2.30. The number of carbonyl (C=O) groups is 1. The van der Waals surface area contributed by atoms with Crippen LogP contribution in [-0.2, 0) is 20.0 Å². The zero-order chi connectivity index (χ0) is 19.0. The van der Waals surface area contributed by atoms with Crippen LogP contribution in [0.1, 0.15) is 0 Å². The molecular weight excluding hydrogens is 353 g/mol. The molecular formula is C13H13F3N2O7. The van der Waals surface area contributed by atoms with E-state index in [2.05, 4.69) is 11.3 Å². The van der Waals surface area contributed by atoms with Gasteiger partial charge in [0.25, 0.3) is 5.56 Å². The van der Waals surface area contributed by atoms with Gasteiger partial charge < -0.3 is 19.7 Å². The van der Waals surface area contributed by atoms with Crippen molar-refractivity contribution in [2.24, 2.45) is 0 Å². The van der Waals surface area contributed by atoms with Crippen LogP contribution in [0.5, 0.6) is 0 Å². The van der Waals surface area contributed by atoms with Crippen molar-refractivity contribution in [1.29, 1.82) is 0 Å². The van der Waals surface area contributed by atoms with Gasteiger partial charge in [-0.2, -0.15) is 13.2 Å². The van der Waals surface area contributed by atoms with Crippen molar-refractivity contribution >= 4 is 5.97 Å². The van der Waals surface area contributed by atoms with Crippen molar-refractivity contribution in [1.82, 2.24) is 9.55 Å². The molecule has 2 rings (SSSR count). The Balaban J connectivity index is 2.30. The average molecular weight is 366 g/mol. The number of aromatic amines is 1. The van der Waals surface area contributed by atoms with E-state index >= 15 is 0 Å². The molecule has 0 spiro atoms. The number of aliphatic hydroxyl groups excluding tert-OH is 2. The van der Waals surface area contributed by atoms with Crippen LogP contribution in [-0.4, -0.2) is 56.8 Å². The van der Waals surface area contributed by atoms with E-state index in [0.29, 0.717) is 4.57 Å². The van der Waals surface area contributed by atoms with Gasteiger partial charge in [-0.3, -0.25) is 14.3 Å². The summed E-state index contributed by atoms with van der Waals surface area (Å²) in [5, 5.41) is 20.2. The predicted octanol–water partition coefficient (Wildman–Crippen LogP) is -1.40. The largest absolute Gasteiger partial charge is 0.490 e. The number of nitrogens with one attached hydrogen (secondary N) is 1. The molecule has 0 amide bonds. The van der Waals surface area contributed by atoms with Crippen molar-refractivity contribution in [2.45, 2.75) is 30.2 Å². The van der Waals surface area contributed by atoms with E-state index in [1.807, 2.05) is 4.98 Å². The van der Waals surface area contributed by atoms with E-state index in [4.69, 9.17) is 4.74 Å². The van der Waals surface area contributed by atoms with Crippen LogP contribution in [0.2, 0.25) is 0 Å². The Morgan fingerprint density at radius 3 is 2.64 bits per heavy atom. The molecule has 0 radical (unpaired) electrons. The minimum atomic E-state index is -5.24. The summed E-state index contributed by atoms with van der Waals surface area (Å²) in [6.45, 7) is 2.34. The molecule has 1 saturated heterocycles. The maximum Gasteiger partial charge on any atom is 0.490 e. The maximum atomic E-state index is 12.1. The number of hydrogen-bond donors (Lipinski definition) is 3. The summed E-state index contributed by atoms with van der Waals surface area (Å²) < 4.78 is 46.4. The quantitative estimate of drug-likeness (QED) is 0.441. The SMILES string of the molecule is C=C[C@@]1(n2ccc(=O)[nH]c2=O)O[C@H](COC(=O)C(F)(F)F)[C@@H](O)[C@H]1O. The number of rotatable bonds is 4. The molecule has 25 heavy (non-hydrogen) atoms. The molecule has 4 atom stereocenters. The molecule has 138 valence electrons. The number of ether oxygens (including phenoxy) is 2. The first-order chi connectivity index (χ1) is 11.5. The Labute approximate surface area is 136 Å². The third-order valence-electron chi connectivity index (χ3n) is 3.57. The van der Waals surface area contributed by atoms with E-state index in [-0.39, 0.29) is 0 Å². The molecule has 3 N–H and O–H groups in total. The summed E-state index contributed by atoms with van der Waals surface area (Å²) in [5.41, 5.74) is -3.86. The fourth-order valence-electron chi connectivity index (χ4n) is 2.36. The molecule has 1 fully saturated rings. The molecule has 0 aromatic carbocycles. The lowest BCUT2D eigenvalue weighted by molar-refractivity contribution is -0.205. The summed E-state index contributed by atoms with van der Waals surface area (Å²) in [5.74, 6) is -2.50. The lowest BCUT2D eigenvalue weighted by Crippen LogP contribution is -2.50. The van der Waals surface area contributed by atoms with Crippen LogP contribution in [0.15, 0.2) is 34.5 Å². The highest BCUT2D eigenvalue weighted by Gasteiger charge is 2.55. The molecule has 9 nitrogen and oxygen atoms in total. The van der Waals surface area contributed by atoms with Crippen LogP contribution in [0.25, 0.3) is 0 Å². The highest BCUT2D eigenvalue weighted by Crippen LogP contribution is 2.36. The van der Waals surface area contributed by atoms with Gasteiger partial charge in [-0.15, -0.1) is 0 Å². The van der Waals surface area contributed by atoms with Gasteiger partial charge >= 0.3 is 17.8 Å². The van der Waals surface area contributed by atoms with Crippen LogP contribution in [0, 0.1) is 0 Å².